The number of aryl methyl sites for hydroxylation is 1. The number of ether oxygens (including phenoxy) is 2. The van der Waals surface area contributed by atoms with Gasteiger partial charge in [-0.1, -0.05) is 0 Å². The first-order valence-electron chi connectivity index (χ1n) is 8.25. The molecule has 1 aromatic heterocycles. The van der Waals surface area contributed by atoms with Crippen molar-refractivity contribution >= 4 is 0 Å². The smallest absolute Gasteiger partial charge is 0.230 e. The Morgan fingerprint density at radius 2 is 2.17 bits per heavy atom. The second kappa shape index (κ2) is 7.23. The number of likely N-dealkylation sites (tertiary alicyclic amines) is 1. The minimum Gasteiger partial charge on any atom is -0.497 e. The fourth-order valence-electron chi connectivity index (χ4n) is 3.13. The third-order valence-corrected chi connectivity index (χ3v) is 4.61. The van der Waals surface area contributed by atoms with Crippen LogP contribution in [0.5, 0.6) is 11.5 Å². The highest BCUT2D eigenvalue weighted by Gasteiger charge is 2.24. The fraction of sp³-hybridized carbons (Fsp3) is 0.500. The largest absolute Gasteiger partial charge is 0.497 e. The maximum Gasteiger partial charge on any atom is 0.230 e. The number of oxazole rings is 1. The lowest BCUT2D eigenvalue weighted by Gasteiger charge is -2.13. The molecule has 0 bridgehead atoms. The van der Waals surface area contributed by atoms with Crippen LogP contribution in [-0.2, 0) is 6.54 Å². The van der Waals surface area contributed by atoms with Crippen molar-refractivity contribution in [2.75, 3.05) is 33.9 Å². The van der Waals surface area contributed by atoms with Gasteiger partial charge in [-0.25, -0.2) is 4.98 Å². The molecule has 0 aliphatic carbocycles. The van der Waals surface area contributed by atoms with Crippen LogP contribution in [-0.4, -0.2) is 43.7 Å². The molecule has 1 aromatic carbocycles. The van der Waals surface area contributed by atoms with Gasteiger partial charge in [-0.2, -0.15) is 0 Å². The van der Waals surface area contributed by atoms with E-state index in [-0.39, 0.29) is 0 Å². The molecule has 1 fully saturated rings. The first-order valence-corrected chi connectivity index (χ1v) is 8.25. The van der Waals surface area contributed by atoms with E-state index in [0.717, 1.165) is 55.4 Å². The molecular weight excluding hydrogens is 306 g/mol. The summed E-state index contributed by atoms with van der Waals surface area (Å²) in [6, 6.07) is 5.60. The number of methoxy groups -OCH3 is 2. The highest BCUT2D eigenvalue weighted by Crippen LogP contribution is 2.34. The Balaban J connectivity index is 1.84. The quantitative estimate of drug-likeness (QED) is 0.876. The number of nitrogens with zero attached hydrogens (tertiary/aromatic N) is 2. The Morgan fingerprint density at radius 3 is 2.83 bits per heavy atom. The third-order valence-electron chi connectivity index (χ3n) is 4.61. The van der Waals surface area contributed by atoms with Crippen LogP contribution in [0.25, 0.3) is 11.5 Å². The van der Waals surface area contributed by atoms with E-state index >= 15 is 0 Å². The molecule has 0 unspecified atom stereocenters. The van der Waals surface area contributed by atoms with Crippen LogP contribution < -0.4 is 15.2 Å². The summed E-state index contributed by atoms with van der Waals surface area (Å²) in [6.07, 6.45) is 1.16. The Kier molecular flexibility index (Phi) is 5.06. The van der Waals surface area contributed by atoms with Gasteiger partial charge in [0, 0.05) is 13.1 Å². The van der Waals surface area contributed by atoms with Gasteiger partial charge in [0.05, 0.1) is 25.5 Å². The molecule has 6 nitrogen and oxygen atoms in total. The standard InChI is InChI=1S/C18H25N3O3/c1-12-16(11-21-7-6-13(9-19)10-21)20-18(24-12)15-8-14(22-2)4-5-17(15)23-3/h4-5,8,13H,6-7,9-11,19H2,1-3H3/t13-/m1/s1. The Morgan fingerprint density at radius 1 is 1.33 bits per heavy atom. The van der Waals surface area contributed by atoms with E-state index in [4.69, 9.17) is 24.6 Å². The first-order chi connectivity index (χ1) is 11.6. The number of nitrogens with two attached hydrogens (primary N) is 1. The van der Waals surface area contributed by atoms with Gasteiger partial charge in [-0.3, -0.25) is 4.90 Å². The van der Waals surface area contributed by atoms with Gasteiger partial charge >= 0.3 is 0 Å². The molecule has 2 heterocycles. The van der Waals surface area contributed by atoms with Gasteiger partial charge in [0.15, 0.2) is 0 Å². The second-order valence-electron chi connectivity index (χ2n) is 6.21. The van der Waals surface area contributed by atoms with E-state index in [1.807, 2.05) is 25.1 Å². The minimum absolute atomic E-state index is 0.563. The molecule has 24 heavy (non-hydrogen) atoms. The van der Waals surface area contributed by atoms with E-state index < -0.39 is 0 Å². The summed E-state index contributed by atoms with van der Waals surface area (Å²) >= 11 is 0. The highest BCUT2D eigenvalue weighted by molar-refractivity contribution is 5.65. The minimum atomic E-state index is 0.563. The van der Waals surface area contributed by atoms with E-state index in [9.17, 15) is 0 Å². The van der Waals surface area contributed by atoms with Crippen molar-refractivity contribution in [2.45, 2.75) is 19.9 Å². The summed E-state index contributed by atoms with van der Waals surface area (Å²) in [5.74, 6) is 3.45. The summed E-state index contributed by atoms with van der Waals surface area (Å²) in [6.45, 7) is 5.58. The van der Waals surface area contributed by atoms with Gasteiger partial charge in [0.2, 0.25) is 5.89 Å². The van der Waals surface area contributed by atoms with Crippen LogP contribution in [0.1, 0.15) is 17.9 Å². The Bertz CT molecular complexity index is 699. The average molecular weight is 331 g/mol. The van der Waals surface area contributed by atoms with Crippen LogP contribution in [0.4, 0.5) is 0 Å². The molecule has 2 aromatic rings. The van der Waals surface area contributed by atoms with Crippen molar-refractivity contribution in [1.29, 1.82) is 0 Å². The Hall–Kier alpha value is -2.05. The summed E-state index contributed by atoms with van der Waals surface area (Å²) in [7, 11) is 3.28. The zero-order chi connectivity index (χ0) is 17.1. The van der Waals surface area contributed by atoms with Gasteiger partial charge in [0.1, 0.15) is 17.3 Å². The van der Waals surface area contributed by atoms with Crippen molar-refractivity contribution in [2.24, 2.45) is 11.7 Å². The monoisotopic (exact) mass is 331 g/mol. The summed E-state index contributed by atoms with van der Waals surface area (Å²) in [4.78, 5) is 7.09. The molecule has 3 rings (SSSR count). The zero-order valence-corrected chi connectivity index (χ0v) is 14.5. The molecule has 1 atom stereocenters. The predicted molar refractivity (Wildman–Crippen MR) is 92.2 cm³/mol. The van der Waals surface area contributed by atoms with Crippen molar-refractivity contribution in [1.82, 2.24) is 9.88 Å². The summed E-state index contributed by atoms with van der Waals surface area (Å²) in [5, 5.41) is 0. The lowest BCUT2D eigenvalue weighted by molar-refractivity contribution is 0.312. The Labute approximate surface area is 142 Å². The maximum absolute atomic E-state index is 5.91. The second-order valence-corrected chi connectivity index (χ2v) is 6.21. The van der Waals surface area contributed by atoms with Gasteiger partial charge in [-0.05, 0) is 50.6 Å². The number of hydrogen-bond acceptors (Lipinski definition) is 6. The van der Waals surface area contributed by atoms with Crippen molar-refractivity contribution in [3.63, 3.8) is 0 Å². The van der Waals surface area contributed by atoms with Crippen molar-refractivity contribution < 1.29 is 13.9 Å². The van der Waals surface area contributed by atoms with Crippen LogP contribution in [0.3, 0.4) is 0 Å². The molecule has 0 amide bonds. The lowest BCUT2D eigenvalue weighted by Crippen LogP contribution is -2.23. The van der Waals surface area contributed by atoms with Crippen molar-refractivity contribution in [3.8, 4) is 23.0 Å². The maximum atomic E-state index is 5.91. The van der Waals surface area contributed by atoms with E-state index in [1.165, 1.54) is 0 Å². The van der Waals surface area contributed by atoms with Crippen LogP contribution in [0.15, 0.2) is 22.6 Å². The first kappa shape index (κ1) is 16.8. The molecule has 0 saturated carbocycles. The van der Waals surface area contributed by atoms with Gasteiger partial charge in [-0.15, -0.1) is 0 Å². The predicted octanol–water partition coefficient (Wildman–Crippen LogP) is 2.45. The van der Waals surface area contributed by atoms with Crippen LogP contribution in [0.2, 0.25) is 0 Å². The third kappa shape index (κ3) is 3.39. The highest BCUT2D eigenvalue weighted by atomic mass is 16.5. The average Bonchev–Trinajstić information content (AvgIpc) is 3.21. The van der Waals surface area contributed by atoms with E-state index in [2.05, 4.69) is 4.90 Å². The van der Waals surface area contributed by atoms with E-state index in [0.29, 0.717) is 17.6 Å². The molecule has 130 valence electrons. The SMILES string of the molecule is COc1ccc(OC)c(-c2nc(CN3CC[C@H](CN)C3)c(C)o2)c1. The van der Waals surface area contributed by atoms with Gasteiger partial charge < -0.3 is 19.6 Å². The molecule has 0 spiro atoms. The van der Waals surface area contributed by atoms with E-state index in [1.54, 1.807) is 14.2 Å². The zero-order valence-electron chi connectivity index (χ0n) is 14.5. The molecule has 0 radical (unpaired) electrons. The molecule has 2 N–H and O–H groups in total. The molecule has 1 saturated heterocycles. The van der Waals surface area contributed by atoms with Gasteiger partial charge in [0.25, 0.3) is 0 Å². The number of aromatic nitrogens is 1. The molecule has 6 heteroatoms. The topological polar surface area (TPSA) is 73.8 Å². The normalized spacial score (nSPS) is 18.1. The van der Waals surface area contributed by atoms with Crippen LogP contribution in [0, 0.1) is 12.8 Å². The summed E-state index contributed by atoms with van der Waals surface area (Å²) in [5.41, 5.74) is 7.54. The summed E-state index contributed by atoms with van der Waals surface area (Å²) < 4.78 is 16.6. The number of benzene rings is 1. The molecule has 1 aliphatic rings. The van der Waals surface area contributed by atoms with Crippen molar-refractivity contribution in [3.05, 3.63) is 29.7 Å². The van der Waals surface area contributed by atoms with Crippen LogP contribution >= 0.6 is 0 Å². The number of rotatable bonds is 6. The lowest BCUT2D eigenvalue weighted by atomic mass is 10.1. The molecular formula is C18H25N3O3. The molecule has 1 aliphatic heterocycles. The number of hydrogen-bond donors (Lipinski definition) is 1. The fourth-order valence-corrected chi connectivity index (χ4v) is 3.13.